The van der Waals surface area contributed by atoms with E-state index < -0.39 is 0 Å². The number of amides is 1. The molecule has 24 heavy (non-hydrogen) atoms. The van der Waals surface area contributed by atoms with Gasteiger partial charge < -0.3 is 10.2 Å². The molecule has 0 unspecified atom stereocenters. The fourth-order valence-electron chi connectivity index (χ4n) is 3.31. The minimum atomic E-state index is 0.0571. The number of rotatable bonds is 5. The molecule has 1 aromatic heterocycles. The van der Waals surface area contributed by atoms with Crippen LogP contribution in [0.1, 0.15) is 44.6 Å². The molecule has 0 aliphatic heterocycles. The minimum absolute atomic E-state index is 0.0571. The highest BCUT2D eigenvalue weighted by molar-refractivity contribution is 7.14. The van der Waals surface area contributed by atoms with Gasteiger partial charge in [0.1, 0.15) is 0 Å². The van der Waals surface area contributed by atoms with E-state index in [4.69, 9.17) is 0 Å². The number of thiophene rings is 1. The van der Waals surface area contributed by atoms with Crippen LogP contribution in [0.2, 0.25) is 0 Å². The van der Waals surface area contributed by atoms with Crippen molar-refractivity contribution in [2.75, 3.05) is 14.1 Å². The zero-order valence-corrected chi connectivity index (χ0v) is 15.6. The lowest BCUT2D eigenvalue weighted by atomic mass is 9.90. The number of carbonyl (C=O) groups excluding carboxylic acids is 1. The van der Waals surface area contributed by atoms with Crippen LogP contribution < -0.4 is 5.32 Å². The second-order valence-corrected chi connectivity index (χ2v) is 8.23. The molecular formula is C20H26N2OS. The van der Waals surface area contributed by atoms with Crippen molar-refractivity contribution < 1.29 is 4.79 Å². The first-order valence-electron chi connectivity index (χ1n) is 8.64. The summed E-state index contributed by atoms with van der Waals surface area (Å²) in [7, 11) is 4.12. The number of hydrogen-bond donors (Lipinski definition) is 1. The molecule has 0 radical (unpaired) electrons. The average molecular weight is 343 g/mol. The molecule has 3 nitrogen and oxygen atoms in total. The molecule has 1 heterocycles. The molecular weight excluding hydrogens is 316 g/mol. The number of hydrogen-bond acceptors (Lipinski definition) is 3. The van der Waals surface area contributed by atoms with Crippen molar-refractivity contribution >= 4 is 17.2 Å². The third-order valence-corrected chi connectivity index (χ3v) is 5.83. The fraction of sp³-hybridized carbons (Fsp3) is 0.450. The summed E-state index contributed by atoms with van der Waals surface area (Å²) in [5.74, 6) is 0.794. The van der Waals surface area contributed by atoms with Crippen molar-refractivity contribution in [3.8, 4) is 0 Å². The summed E-state index contributed by atoms with van der Waals surface area (Å²) in [6.45, 7) is 3.76. The molecule has 0 saturated carbocycles. The molecule has 0 fully saturated rings. The normalized spacial score (nSPS) is 16.9. The summed E-state index contributed by atoms with van der Waals surface area (Å²) < 4.78 is 0. The van der Waals surface area contributed by atoms with E-state index in [0.29, 0.717) is 6.54 Å². The zero-order valence-electron chi connectivity index (χ0n) is 14.8. The minimum Gasteiger partial charge on any atom is -0.347 e. The maximum absolute atomic E-state index is 12.5. The van der Waals surface area contributed by atoms with Crippen LogP contribution in [0.15, 0.2) is 30.3 Å². The van der Waals surface area contributed by atoms with Gasteiger partial charge in [0.15, 0.2) is 0 Å². The molecule has 4 heteroatoms. The number of aryl methyl sites for hydroxylation is 1. The Morgan fingerprint density at radius 3 is 2.79 bits per heavy atom. The van der Waals surface area contributed by atoms with Gasteiger partial charge in [0.05, 0.1) is 4.88 Å². The Labute approximate surface area is 148 Å². The summed E-state index contributed by atoms with van der Waals surface area (Å²) in [5, 5.41) is 3.10. The second-order valence-electron chi connectivity index (χ2n) is 7.10. The number of nitrogens with one attached hydrogen (secondary N) is 1. The van der Waals surface area contributed by atoms with E-state index in [0.717, 1.165) is 30.2 Å². The Balaban J connectivity index is 1.66. The molecule has 0 bridgehead atoms. The average Bonchev–Trinajstić information content (AvgIpc) is 2.96. The molecule has 1 amide bonds. The molecule has 128 valence electrons. The van der Waals surface area contributed by atoms with Gasteiger partial charge in [-0.1, -0.05) is 31.2 Å². The fourth-order valence-corrected chi connectivity index (χ4v) is 4.43. The second kappa shape index (κ2) is 7.49. The largest absolute Gasteiger partial charge is 0.347 e. The van der Waals surface area contributed by atoms with E-state index in [9.17, 15) is 4.79 Å². The Hall–Kier alpha value is -1.65. The van der Waals surface area contributed by atoms with Crippen LogP contribution >= 0.6 is 11.3 Å². The van der Waals surface area contributed by atoms with Crippen molar-refractivity contribution in [1.82, 2.24) is 10.2 Å². The van der Waals surface area contributed by atoms with Gasteiger partial charge in [0.2, 0.25) is 0 Å². The maximum atomic E-state index is 12.5. The van der Waals surface area contributed by atoms with Crippen LogP contribution in [0, 0.1) is 5.92 Å². The predicted octanol–water partition coefficient (Wildman–Crippen LogP) is 3.86. The summed E-state index contributed by atoms with van der Waals surface area (Å²) in [6.07, 6.45) is 3.48. The van der Waals surface area contributed by atoms with E-state index in [2.05, 4.69) is 55.5 Å². The van der Waals surface area contributed by atoms with Crippen LogP contribution in [0.5, 0.6) is 0 Å². The van der Waals surface area contributed by atoms with Crippen LogP contribution in [-0.4, -0.2) is 24.9 Å². The Kier molecular flexibility index (Phi) is 5.36. The molecule has 3 rings (SSSR count). The Morgan fingerprint density at radius 2 is 2.04 bits per heavy atom. The van der Waals surface area contributed by atoms with Gasteiger partial charge in [0.25, 0.3) is 5.91 Å². The molecule has 0 spiro atoms. The number of benzene rings is 1. The standard InChI is InChI=1S/C20H26N2OS/c1-14-8-9-18-17(10-14)11-19(24-18)20(23)21-12-15-6-4-5-7-16(15)13-22(2)3/h4-7,11,14H,8-10,12-13H2,1-3H3,(H,21,23)/t14-/m1/s1. The highest BCUT2D eigenvalue weighted by Crippen LogP contribution is 2.32. The lowest BCUT2D eigenvalue weighted by molar-refractivity contribution is 0.0955. The molecule has 0 saturated heterocycles. The molecule has 1 N–H and O–H groups in total. The van der Waals surface area contributed by atoms with Crippen LogP contribution in [0.25, 0.3) is 0 Å². The molecule has 2 aromatic rings. The van der Waals surface area contributed by atoms with Crippen molar-refractivity contribution in [2.24, 2.45) is 5.92 Å². The highest BCUT2D eigenvalue weighted by atomic mass is 32.1. The van der Waals surface area contributed by atoms with Crippen molar-refractivity contribution in [1.29, 1.82) is 0 Å². The predicted molar refractivity (Wildman–Crippen MR) is 101 cm³/mol. The molecule has 1 aliphatic rings. The summed E-state index contributed by atoms with van der Waals surface area (Å²) in [6, 6.07) is 10.4. The Bertz CT molecular complexity index is 720. The van der Waals surface area contributed by atoms with E-state index in [1.807, 2.05) is 6.07 Å². The number of carbonyl (C=O) groups is 1. The van der Waals surface area contributed by atoms with Gasteiger partial charge in [-0.3, -0.25) is 4.79 Å². The molecule has 1 aromatic carbocycles. The summed E-state index contributed by atoms with van der Waals surface area (Å²) >= 11 is 1.68. The van der Waals surface area contributed by atoms with Gasteiger partial charge >= 0.3 is 0 Å². The first-order chi connectivity index (χ1) is 11.5. The third kappa shape index (κ3) is 4.05. The topological polar surface area (TPSA) is 32.3 Å². The monoisotopic (exact) mass is 342 g/mol. The van der Waals surface area contributed by atoms with Gasteiger partial charge in [-0.15, -0.1) is 11.3 Å². The zero-order chi connectivity index (χ0) is 17.1. The summed E-state index contributed by atoms with van der Waals surface area (Å²) in [4.78, 5) is 17.0. The third-order valence-electron chi connectivity index (χ3n) is 4.60. The van der Waals surface area contributed by atoms with Gasteiger partial charge in [-0.05, 0) is 62.0 Å². The number of fused-ring (bicyclic) bond motifs is 1. The van der Waals surface area contributed by atoms with E-state index in [-0.39, 0.29) is 5.91 Å². The van der Waals surface area contributed by atoms with E-state index >= 15 is 0 Å². The summed E-state index contributed by atoms with van der Waals surface area (Å²) in [5.41, 5.74) is 3.84. The van der Waals surface area contributed by atoms with Crippen molar-refractivity contribution in [3.05, 3.63) is 56.8 Å². The van der Waals surface area contributed by atoms with E-state index in [1.54, 1.807) is 11.3 Å². The number of nitrogens with zero attached hydrogens (tertiary/aromatic N) is 1. The highest BCUT2D eigenvalue weighted by Gasteiger charge is 2.20. The molecule has 1 atom stereocenters. The quantitative estimate of drug-likeness (QED) is 0.895. The van der Waals surface area contributed by atoms with Crippen LogP contribution in [-0.2, 0) is 25.9 Å². The van der Waals surface area contributed by atoms with Crippen molar-refractivity contribution in [3.63, 3.8) is 0 Å². The lowest BCUT2D eigenvalue weighted by Gasteiger charge is -2.16. The van der Waals surface area contributed by atoms with E-state index in [1.165, 1.54) is 28.0 Å². The smallest absolute Gasteiger partial charge is 0.261 e. The first-order valence-corrected chi connectivity index (χ1v) is 9.46. The molecule has 1 aliphatic carbocycles. The lowest BCUT2D eigenvalue weighted by Crippen LogP contribution is -2.23. The van der Waals surface area contributed by atoms with Gasteiger partial charge in [-0.25, -0.2) is 0 Å². The van der Waals surface area contributed by atoms with Crippen molar-refractivity contribution in [2.45, 2.75) is 39.3 Å². The Morgan fingerprint density at radius 1 is 1.29 bits per heavy atom. The van der Waals surface area contributed by atoms with Gasteiger partial charge in [0, 0.05) is 18.0 Å². The SMILES string of the molecule is C[C@@H]1CCc2sc(C(=O)NCc3ccccc3CN(C)C)cc2C1. The van der Waals surface area contributed by atoms with Crippen LogP contribution in [0.4, 0.5) is 0 Å². The maximum Gasteiger partial charge on any atom is 0.261 e. The van der Waals surface area contributed by atoms with Crippen LogP contribution in [0.3, 0.4) is 0 Å². The van der Waals surface area contributed by atoms with Gasteiger partial charge in [-0.2, -0.15) is 0 Å². The first kappa shape index (κ1) is 17.2.